The van der Waals surface area contributed by atoms with Crippen LogP contribution < -0.4 is 14.8 Å². The highest BCUT2D eigenvalue weighted by Crippen LogP contribution is 2.29. The summed E-state index contributed by atoms with van der Waals surface area (Å²) in [6.07, 6.45) is 2.35. The van der Waals surface area contributed by atoms with E-state index in [1.165, 1.54) is 17.7 Å². The third-order valence-corrected chi connectivity index (χ3v) is 6.55. The highest BCUT2D eigenvalue weighted by Gasteiger charge is 2.13. The van der Waals surface area contributed by atoms with Crippen molar-refractivity contribution in [3.05, 3.63) is 126 Å². The zero-order valence-corrected chi connectivity index (χ0v) is 26.2. The Balaban J connectivity index is 0.00000104. The average molecular weight is 611 g/mol. The molecule has 7 nitrogen and oxygen atoms in total. The molecule has 0 aliphatic carbocycles. The van der Waals surface area contributed by atoms with Crippen LogP contribution in [0.5, 0.6) is 23.0 Å². The molecule has 0 saturated heterocycles. The number of hydrogen-bond acceptors (Lipinski definition) is 5. The highest BCUT2D eigenvalue weighted by atomic mass is 19.1. The topological polar surface area (TPSA) is 97.8 Å². The molecule has 2 N–H and O–H groups in total. The van der Waals surface area contributed by atoms with E-state index >= 15 is 0 Å². The molecule has 234 valence electrons. The van der Waals surface area contributed by atoms with Crippen molar-refractivity contribution in [3.63, 3.8) is 0 Å². The fourth-order valence-corrected chi connectivity index (χ4v) is 4.24. The fourth-order valence-electron chi connectivity index (χ4n) is 4.24. The van der Waals surface area contributed by atoms with Crippen LogP contribution in [0.2, 0.25) is 0 Å². The van der Waals surface area contributed by atoms with Gasteiger partial charge in [0.2, 0.25) is 0 Å². The van der Waals surface area contributed by atoms with E-state index in [0.717, 1.165) is 22.1 Å². The Morgan fingerprint density at radius 1 is 0.800 bits per heavy atom. The molecule has 0 bridgehead atoms. The second-order valence-electron chi connectivity index (χ2n) is 10.8. The molecule has 45 heavy (non-hydrogen) atoms. The largest absolute Gasteiger partial charge is 0.483 e. The summed E-state index contributed by atoms with van der Waals surface area (Å²) < 4.78 is 24.8. The van der Waals surface area contributed by atoms with E-state index in [0.29, 0.717) is 35.9 Å². The maximum atomic E-state index is 13.1. The van der Waals surface area contributed by atoms with Crippen molar-refractivity contribution in [1.82, 2.24) is 10.3 Å². The molecule has 5 rings (SSSR count). The van der Waals surface area contributed by atoms with Gasteiger partial charge in [0, 0.05) is 18.1 Å². The standard InChI is InChI=1S/C34H31FN2O3.C2H6.CH2O2/c1-34(2,3)26-7-14-29(15-8-26)40-31-13-6-24-21-32(37-22-25(24)20-31)33(38)36-19-18-23-4-11-28(12-5-23)39-30-16-9-27(35)10-17-30;1-2;2-1-3/h4-17,20-22H,18-19H2,1-3H3,(H,36,38);1-2H3;1H,(H,2,3). The summed E-state index contributed by atoms with van der Waals surface area (Å²) in [7, 11) is 0. The molecule has 0 saturated carbocycles. The van der Waals surface area contributed by atoms with Gasteiger partial charge in [0.1, 0.15) is 34.5 Å². The summed E-state index contributed by atoms with van der Waals surface area (Å²) in [6.45, 7) is 10.8. The Kier molecular flexibility index (Phi) is 12.6. The van der Waals surface area contributed by atoms with Crippen LogP contribution in [-0.4, -0.2) is 29.0 Å². The number of halogens is 1. The van der Waals surface area contributed by atoms with E-state index in [9.17, 15) is 9.18 Å². The van der Waals surface area contributed by atoms with Gasteiger partial charge < -0.3 is 19.9 Å². The maximum Gasteiger partial charge on any atom is 0.290 e. The van der Waals surface area contributed by atoms with E-state index in [1.54, 1.807) is 24.4 Å². The van der Waals surface area contributed by atoms with Crippen LogP contribution in [0.4, 0.5) is 4.39 Å². The molecule has 4 aromatic carbocycles. The first-order valence-electron chi connectivity index (χ1n) is 14.7. The van der Waals surface area contributed by atoms with Gasteiger partial charge in [-0.2, -0.15) is 0 Å². The zero-order valence-electron chi connectivity index (χ0n) is 26.2. The summed E-state index contributed by atoms with van der Waals surface area (Å²) in [6, 6.07) is 29.1. The van der Waals surface area contributed by atoms with Gasteiger partial charge in [-0.25, -0.2) is 4.39 Å². The van der Waals surface area contributed by atoms with Crippen LogP contribution in [0, 0.1) is 5.82 Å². The summed E-state index contributed by atoms with van der Waals surface area (Å²) in [5, 5.41) is 11.6. The highest BCUT2D eigenvalue weighted by molar-refractivity contribution is 5.96. The number of fused-ring (bicyclic) bond motifs is 1. The first-order chi connectivity index (χ1) is 21.6. The Bertz CT molecular complexity index is 1660. The average Bonchev–Trinajstić information content (AvgIpc) is 3.04. The van der Waals surface area contributed by atoms with Gasteiger partial charge in [0.25, 0.3) is 12.4 Å². The van der Waals surface area contributed by atoms with E-state index < -0.39 is 0 Å². The minimum Gasteiger partial charge on any atom is -0.483 e. The van der Waals surface area contributed by atoms with E-state index in [2.05, 4.69) is 43.2 Å². The quantitative estimate of drug-likeness (QED) is 0.170. The second kappa shape index (κ2) is 16.6. The van der Waals surface area contributed by atoms with Crippen molar-refractivity contribution in [2.45, 2.75) is 46.5 Å². The first-order valence-corrected chi connectivity index (χ1v) is 14.7. The molecule has 1 amide bonds. The van der Waals surface area contributed by atoms with Gasteiger partial charge in [-0.05, 0) is 95.1 Å². The van der Waals surface area contributed by atoms with Gasteiger partial charge in [-0.15, -0.1) is 0 Å². The Morgan fingerprint density at radius 2 is 1.31 bits per heavy atom. The monoisotopic (exact) mass is 610 g/mol. The number of nitrogens with zero attached hydrogens (tertiary/aromatic N) is 1. The Morgan fingerprint density at radius 3 is 1.89 bits per heavy atom. The fraction of sp³-hybridized carbons (Fsp3) is 0.216. The lowest BCUT2D eigenvalue weighted by molar-refractivity contribution is -0.122. The van der Waals surface area contributed by atoms with Gasteiger partial charge in [0.05, 0.1) is 0 Å². The molecule has 1 aromatic heterocycles. The second-order valence-corrected chi connectivity index (χ2v) is 10.8. The molecule has 0 spiro atoms. The molecule has 0 fully saturated rings. The van der Waals surface area contributed by atoms with Gasteiger partial charge in [-0.3, -0.25) is 14.6 Å². The van der Waals surface area contributed by atoms with Gasteiger partial charge in [0.15, 0.2) is 0 Å². The molecular weight excluding hydrogens is 571 g/mol. The van der Waals surface area contributed by atoms with Crippen molar-refractivity contribution in [1.29, 1.82) is 0 Å². The number of carbonyl (C=O) groups excluding carboxylic acids is 1. The summed E-state index contributed by atoms with van der Waals surface area (Å²) >= 11 is 0. The van der Waals surface area contributed by atoms with Crippen LogP contribution in [0.3, 0.4) is 0 Å². The summed E-state index contributed by atoms with van der Waals surface area (Å²) in [5.74, 6) is 2.18. The molecule has 0 aliphatic heterocycles. The lowest BCUT2D eigenvalue weighted by atomic mass is 9.87. The van der Waals surface area contributed by atoms with E-state index in [1.807, 2.05) is 68.4 Å². The number of ether oxygens (including phenoxy) is 2. The smallest absolute Gasteiger partial charge is 0.290 e. The van der Waals surface area contributed by atoms with Crippen LogP contribution in [-0.2, 0) is 16.6 Å². The molecular formula is C37H39FN2O5. The third-order valence-electron chi connectivity index (χ3n) is 6.55. The zero-order chi connectivity index (χ0) is 32.8. The first kappa shape index (κ1) is 34.3. The number of pyridine rings is 1. The number of amides is 1. The van der Waals surface area contributed by atoms with Crippen molar-refractivity contribution >= 4 is 23.2 Å². The van der Waals surface area contributed by atoms with Crippen LogP contribution in [0.15, 0.2) is 103 Å². The number of rotatable bonds is 8. The molecule has 0 unspecified atom stereocenters. The van der Waals surface area contributed by atoms with E-state index in [-0.39, 0.29) is 23.6 Å². The van der Waals surface area contributed by atoms with Gasteiger partial charge in [-0.1, -0.05) is 65.0 Å². The summed E-state index contributed by atoms with van der Waals surface area (Å²) in [5.41, 5.74) is 2.76. The number of hydrogen-bond donors (Lipinski definition) is 2. The van der Waals surface area contributed by atoms with Crippen molar-refractivity contribution in [2.24, 2.45) is 0 Å². The Hall–Kier alpha value is -5.24. The van der Waals surface area contributed by atoms with Crippen molar-refractivity contribution in [2.75, 3.05) is 6.54 Å². The molecule has 8 heteroatoms. The van der Waals surface area contributed by atoms with Crippen LogP contribution in [0.1, 0.15) is 56.2 Å². The third kappa shape index (κ3) is 10.5. The van der Waals surface area contributed by atoms with Crippen molar-refractivity contribution in [3.8, 4) is 23.0 Å². The normalized spacial score (nSPS) is 10.4. The van der Waals surface area contributed by atoms with E-state index in [4.69, 9.17) is 19.4 Å². The molecule has 0 aliphatic rings. The maximum absolute atomic E-state index is 13.1. The lowest BCUT2D eigenvalue weighted by Gasteiger charge is -2.19. The SMILES string of the molecule is CC.CC(C)(C)c1ccc(Oc2ccc3cc(C(=O)NCCc4ccc(Oc5ccc(F)cc5)cc4)ncc3c2)cc1.O=CO. The van der Waals surface area contributed by atoms with Crippen molar-refractivity contribution < 1.29 is 28.6 Å². The minimum absolute atomic E-state index is 0.0886. The molecule has 1 heterocycles. The molecule has 0 atom stereocenters. The number of carboxylic acid groups (broad SMARTS) is 1. The number of carbonyl (C=O) groups is 2. The molecule has 0 radical (unpaired) electrons. The minimum atomic E-state index is -0.305. The lowest BCUT2D eigenvalue weighted by Crippen LogP contribution is -2.26. The number of nitrogens with one attached hydrogen (secondary N) is 1. The summed E-state index contributed by atoms with van der Waals surface area (Å²) in [4.78, 5) is 25.5. The number of benzene rings is 4. The van der Waals surface area contributed by atoms with Crippen LogP contribution >= 0.6 is 0 Å². The predicted molar refractivity (Wildman–Crippen MR) is 176 cm³/mol. The number of aromatic nitrogens is 1. The molecule has 5 aromatic rings. The van der Waals surface area contributed by atoms with Crippen LogP contribution in [0.25, 0.3) is 10.8 Å². The Labute approximate surface area is 263 Å². The van der Waals surface area contributed by atoms with Gasteiger partial charge >= 0.3 is 0 Å². The predicted octanol–water partition coefficient (Wildman–Crippen LogP) is 8.96.